The lowest BCUT2D eigenvalue weighted by Crippen LogP contribution is -2.40. The first kappa shape index (κ1) is 17.2. The molecule has 6 heteroatoms. The largest absolute Gasteiger partial charge is 0.497 e. The van der Waals surface area contributed by atoms with E-state index in [4.69, 9.17) is 4.74 Å². The topological polar surface area (TPSA) is 67.6 Å². The predicted octanol–water partition coefficient (Wildman–Crippen LogP) is 3.13. The highest BCUT2D eigenvalue weighted by Gasteiger charge is 2.16. The van der Waals surface area contributed by atoms with Gasteiger partial charge in [0.2, 0.25) is 0 Å². The molecule has 6 nitrogen and oxygen atoms in total. The highest BCUT2D eigenvalue weighted by molar-refractivity contribution is 5.64. The van der Waals surface area contributed by atoms with Crippen molar-refractivity contribution >= 4 is 11.4 Å². The number of hydrogen-bond acceptors (Lipinski definition) is 5. The van der Waals surface area contributed by atoms with Crippen LogP contribution >= 0.6 is 0 Å². The summed E-state index contributed by atoms with van der Waals surface area (Å²) in [4.78, 5) is 13.0. The van der Waals surface area contributed by atoms with Crippen LogP contribution in [-0.4, -0.2) is 42.1 Å². The molecular formula is C15H25N3O3. The third kappa shape index (κ3) is 4.90. The Bertz CT molecular complexity index is 467. The van der Waals surface area contributed by atoms with E-state index in [1.165, 1.54) is 6.07 Å². The van der Waals surface area contributed by atoms with Crippen molar-refractivity contribution in [3.8, 4) is 5.75 Å². The minimum Gasteiger partial charge on any atom is -0.497 e. The van der Waals surface area contributed by atoms with Crippen molar-refractivity contribution < 1.29 is 9.66 Å². The summed E-state index contributed by atoms with van der Waals surface area (Å²) in [5.41, 5.74) is 0.559. The minimum atomic E-state index is -0.384. The van der Waals surface area contributed by atoms with Crippen LogP contribution in [0.25, 0.3) is 0 Å². The molecule has 1 aromatic carbocycles. The fourth-order valence-electron chi connectivity index (χ4n) is 2.38. The number of nitro groups is 1. The van der Waals surface area contributed by atoms with Crippen molar-refractivity contribution in [1.29, 1.82) is 0 Å². The normalized spacial score (nSPS) is 11.2. The van der Waals surface area contributed by atoms with Crippen LogP contribution in [0.3, 0.4) is 0 Å². The van der Waals surface area contributed by atoms with Gasteiger partial charge in [0.25, 0.3) is 5.69 Å². The van der Waals surface area contributed by atoms with Crippen LogP contribution < -0.4 is 10.1 Å². The van der Waals surface area contributed by atoms with Gasteiger partial charge in [0, 0.05) is 37.3 Å². The van der Waals surface area contributed by atoms with Crippen molar-refractivity contribution in [2.24, 2.45) is 0 Å². The zero-order valence-electron chi connectivity index (χ0n) is 13.4. The van der Waals surface area contributed by atoms with E-state index in [1.54, 1.807) is 19.2 Å². The average molecular weight is 295 g/mol. The molecule has 21 heavy (non-hydrogen) atoms. The molecule has 0 aliphatic heterocycles. The van der Waals surface area contributed by atoms with Gasteiger partial charge in [0.15, 0.2) is 0 Å². The van der Waals surface area contributed by atoms with Gasteiger partial charge < -0.3 is 10.1 Å². The Hall–Kier alpha value is -1.82. The average Bonchev–Trinajstić information content (AvgIpc) is 2.42. The maximum absolute atomic E-state index is 11.0. The van der Waals surface area contributed by atoms with Gasteiger partial charge in [0.1, 0.15) is 11.4 Å². The first-order valence-electron chi connectivity index (χ1n) is 7.18. The summed E-state index contributed by atoms with van der Waals surface area (Å²) in [5.74, 6) is 0.604. The number of hydrogen-bond donors (Lipinski definition) is 1. The number of anilines is 1. The fraction of sp³-hybridized carbons (Fsp3) is 0.600. The quantitative estimate of drug-likeness (QED) is 0.589. The van der Waals surface area contributed by atoms with E-state index in [1.807, 2.05) is 0 Å². The number of benzene rings is 1. The van der Waals surface area contributed by atoms with Crippen molar-refractivity contribution in [2.45, 2.75) is 39.8 Å². The van der Waals surface area contributed by atoms with E-state index in [0.29, 0.717) is 30.1 Å². The van der Waals surface area contributed by atoms with E-state index in [2.05, 4.69) is 37.9 Å². The maximum Gasteiger partial charge on any atom is 0.292 e. The summed E-state index contributed by atoms with van der Waals surface area (Å²) < 4.78 is 5.12. The third-order valence-corrected chi connectivity index (χ3v) is 3.41. The molecule has 0 spiro atoms. The standard InChI is InChI=1S/C15H25N3O3/c1-11(2)17(12(3)4)9-8-16-14-10-13(21-5)6-7-15(14)18(19)20/h6-7,10-12,16H,8-9H2,1-5H3. The minimum absolute atomic E-state index is 0.0662. The van der Waals surface area contributed by atoms with Crippen LogP contribution in [0.2, 0.25) is 0 Å². The van der Waals surface area contributed by atoms with E-state index in [-0.39, 0.29) is 10.6 Å². The highest BCUT2D eigenvalue weighted by Crippen LogP contribution is 2.28. The first-order valence-corrected chi connectivity index (χ1v) is 7.18. The second-order valence-corrected chi connectivity index (χ2v) is 5.49. The van der Waals surface area contributed by atoms with Gasteiger partial charge >= 0.3 is 0 Å². The van der Waals surface area contributed by atoms with E-state index < -0.39 is 0 Å². The summed E-state index contributed by atoms with van der Waals surface area (Å²) in [7, 11) is 1.55. The Morgan fingerprint density at radius 3 is 2.38 bits per heavy atom. The Morgan fingerprint density at radius 1 is 1.29 bits per heavy atom. The lowest BCUT2D eigenvalue weighted by atomic mass is 10.2. The van der Waals surface area contributed by atoms with Crippen LogP contribution in [0.5, 0.6) is 5.75 Å². The van der Waals surface area contributed by atoms with Gasteiger partial charge in [0.05, 0.1) is 12.0 Å². The van der Waals surface area contributed by atoms with E-state index in [0.717, 1.165) is 6.54 Å². The van der Waals surface area contributed by atoms with Crippen molar-refractivity contribution in [3.63, 3.8) is 0 Å². The first-order chi connectivity index (χ1) is 9.86. The number of ether oxygens (including phenoxy) is 1. The van der Waals surface area contributed by atoms with E-state index in [9.17, 15) is 10.1 Å². The van der Waals surface area contributed by atoms with Crippen molar-refractivity contribution in [3.05, 3.63) is 28.3 Å². The van der Waals surface area contributed by atoms with Crippen LogP contribution in [-0.2, 0) is 0 Å². The number of rotatable bonds is 8. The molecule has 0 saturated carbocycles. The second kappa shape index (κ2) is 7.83. The van der Waals surface area contributed by atoms with Crippen LogP contribution in [0.15, 0.2) is 18.2 Å². The predicted molar refractivity (Wildman–Crippen MR) is 85.1 cm³/mol. The van der Waals surface area contributed by atoms with Gasteiger partial charge in [-0.3, -0.25) is 15.0 Å². The van der Waals surface area contributed by atoms with E-state index >= 15 is 0 Å². The third-order valence-electron chi connectivity index (χ3n) is 3.41. The number of nitrogens with zero attached hydrogens (tertiary/aromatic N) is 2. The van der Waals surface area contributed by atoms with Gasteiger partial charge in [-0.25, -0.2) is 0 Å². The molecule has 0 aromatic heterocycles. The van der Waals surface area contributed by atoms with Gasteiger partial charge in [-0.1, -0.05) is 0 Å². The molecule has 0 bridgehead atoms. The number of nitro benzene ring substituents is 1. The lowest BCUT2D eigenvalue weighted by molar-refractivity contribution is -0.384. The molecule has 0 amide bonds. The second-order valence-electron chi connectivity index (χ2n) is 5.49. The highest BCUT2D eigenvalue weighted by atomic mass is 16.6. The Labute approximate surface area is 126 Å². The molecule has 0 aliphatic rings. The molecule has 1 N–H and O–H groups in total. The molecule has 0 aliphatic carbocycles. The monoisotopic (exact) mass is 295 g/mol. The zero-order valence-corrected chi connectivity index (χ0v) is 13.4. The molecule has 0 heterocycles. The van der Waals surface area contributed by atoms with Crippen molar-refractivity contribution in [1.82, 2.24) is 4.90 Å². The zero-order chi connectivity index (χ0) is 16.0. The molecule has 0 radical (unpaired) electrons. The number of methoxy groups -OCH3 is 1. The summed E-state index contributed by atoms with van der Waals surface area (Å²) in [6.45, 7) is 10.1. The Kier molecular flexibility index (Phi) is 6.42. The molecular weight excluding hydrogens is 270 g/mol. The molecule has 118 valence electrons. The van der Waals surface area contributed by atoms with Crippen LogP contribution in [0, 0.1) is 10.1 Å². The fourth-order valence-corrected chi connectivity index (χ4v) is 2.38. The maximum atomic E-state index is 11.0. The van der Waals surface area contributed by atoms with Gasteiger partial charge in [-0.2, -0.15) is 0 Å². The molecule has 1 aromatic rings. The summed E-state index contributed by atoms with van der Waals surface area (Å²) in [6, 6.07) is 5.59. The summed E-state index contributed by atoms with van der Waals surface area (Å²) >= 11 is 0. The molecule has 1 rings (SSSR count). The Morgan fingerprint density at radius 2 is 1.90 bits per heavy atom. The smallest absolute Gasteiger partial charge is 0.292 e. The molecule has 0 fully saturated rings. The molecule has 0 saturated heterocycles. The SMILES string of the molecule is COc1ccc([N+](=O)[O-])c(NCCN(C(C)C)C(C)C)c1. The van der Waals surface area contributed by atoms with Crippen LogP contribution in [0.1, 0.15) is 27.7 Å². The van der Waals surface area contributed by atoms with Crippen LogP contribution in [0.4, 0.5) is 11.4 Å². The Balaban J connectivity index is 2.75. The number of nitrogens with one attached hydrogen (secondary N) is 1. The lowest BCUT2D eigenvalue weighted by Gasteiger charge is -2.30. The van der Waals surface area contributed by atoms with Crippen molar-refractivity contribution in [2.75, 3.05) is 25.5 Å². The van der Waals surface area contributed by atoms with Gasteiger partial charge in [-0.05, 0) is 33.8 Å². The van der Waals surface area contributed by atoms with Gasteiger partial charge in [-0.15, -0.1) is 0 Å². The summed E-state index contributed by atoms with van der Waals surface area (Å²) in [6.07, 6.45) is 0. The molecule has 0 atom stereocenters. The summed E-state index contributed by atoms with van der Waals surface area (Å²) in [5, 5.41) is 14.2. The molecule has 0 unspecified atom stereocenters.